The second-order valence-electron chi connectivity index (χ2n) is 8.08. The fraction of sp³-hybridized carbons (Fsp3) is 0.478. The maximum absolute atomic E-state index is 5.14. The van der Waals surface area contributed by atoms with E-state index in [0.29, 0.717) is 6.04 Å². The van der Waals surface area contributed by atoms with E-state index in [9.17, 15) is 0 Å². The summed E-state index contributed by atoms with van der Waals surface area (Å²) in [4.78, 5) is 14.9. The van der Waals surface area contributed by atoms with Crippen LogP contribution in [-0.2, 0) is 0 Å². The maximum atomic E-state index is 5.14. The van der Waals surface area contributed by atoms with Gasteiger partial charge in [-0.15, -0.1) is 0 Å². The van der Waals surface area contributed by atoms with Crippen molar-refractivity contribution in [1.29, 1.82) is 0 Å². The summed E-state index contributed by atoms with van der Waals surface area (Å²) in [5, 5.41) is 1.20. The lowest BCUT2D eigenvalue weighted by molar-refractivity contribution is 0.255. The molecule has 146 valence electrons. The molecule has 0 aliphatic carbocycles. The number of aromatic nitrogens is 1. The fourth-order valence-corrected chi connectivity index (χ4v) is 6.22. The number of anilines is 1. The molecule has 0 amide bonds. The number of benzene rings is 1. The number of rotatable bonds is 4. The molecule has 2 fully saturated rings. The summed E-state index contributed by atoms with van der Waals surface area (Å²) in [6.45, 7) is 6.93. The van der Waals surface area contributed by atoms with Gasteiger partial charge < -0.3 is 9.80 Å². The highest BCUT2D eigenvalue weighted by atomic mass is 32.2. The number of thioether (sulfide) groups is 1. The van der Waals surface area contributed by atoms with Crippen molar-refractivity contribution in [2.24, 2.45) is 4.99 Å². The molecule has 1 aromatic carbocycles. The van der Waals surface area contributed by atoms with E-state index >= 15 is 0 Å². The molecule has 0 N–H and O–H groups in total. The van der Waals surface area contributed by atoms with Gasteiger partial charge in [-0.3, -0.25) is 9.98 Å². The predicted octanol–water partition coefficient (Wildman–Crippen LogP) is 4.97. The molecule has 3 aliphatic heterocycles. The second kappa shape index (κ2) is 7.43. The van der Waals surface area contributed by atoms with Gasteiger partial charge in [-0.1, -0.05) is 36.9 Å². The summed E-state index contributed by atoms with van der Waals surface area (Å²) in [5.41, 5.74) is 5.23. The van der Waals surface area contributed by atoms with Crippen molar-refractivity contribution in [2.45, 2.75) is 51.2 Å². The minimum absolute atomic E-state index is 0.0788. The second-order valence-corrected chi connectivity index (χ2v) is 9.06. The van der Waals surface area contributed by atoms with Gasteiger partial charge >= 0.3 is 0 Å². The number of amidine groups is 1. The lowest BCUT2D eigenvalue weighted by Gasteiger charge is -2.32. The van der Waals surface area contributed by atoms with Gasteiger partial charge in [0.2, 0.25) is 0 Å². The fourth-order valence-electron chi connectivity index (χ4n) is 4.89. The number of aliphatic imine (C=N–C) groups is 1. The first-order valence-electron chi connectivity index (χ1n) is 10.5. The largest absolute Gasteiger partial charge is 0.371 e. The van der Waals surface area contributed by atoms with Gasteiger partial charge in [0.1, 0.15) is 6.04 Å². The number of pyridine rings is 1. The van der Waals surface area contributed by atoms with Crippen molar-refractivity contribution in [3.63, 3.8) is 0 Å². The molecule has 2 saturated heterocycles. The smallest absolute Gasteiger partial charge is 0.160 e. The van der Waals surface area contributed by atoms with E-state index in [2.05, 4.69) is 59.0 Å². The predicted molar refractivity (Wildman–Crippen MR) is 118 cm³/mol. The molecule has 0 saturated carbocycles. The van der Waals surface area contributed by atoms with Crippen LogP contribution in [0.5, 0.6) is 0 Å². The molecule has 0 radical (unpaired) electrons. The molecule has 4 nitrogen and oxygen atoms in total. The van der Waals surface area contributed by atoms with E-state index in [1.165, 1.54) is 47.9 Å². The van der Waals surface area contributed by atoms with E-state index in [1.54, 1.807) is 0 Å². The molecule has 5 rings (SSSR count). The third-order valence-corrected chi connectivity index (χ3v) is 7.46. The Morgan fingerprint density at radius 2 is 2.00 bits per heavy atom. The van der Waals surface area contributed by atoms with E-state index in [4.69, 9.17) is 4.99 Å². The first-order chi connectivity index (χ1) is 13.8. The Kier molecular flexibility index (Phi) is 4.79. The number of fused-ring (bicyclic) bond motifs is 1. The van der Waals surface area contributed by atoms with E-state index < -0.39 is 0 Å². The van der Waals surface area contributed by atoms with Crippen LogP contribution in [0.15, 0.2) is 47.6 Å². The molecule has 2 aromatic rings. The Labute approximate surface area is 172 Å². The maximum Gasteiger partial charge on any atom is 0.160 e. The highest BCUT2D eigenvalue weighted by Gasteiger charge is 2.45. The minimum atomic E-state index is 0.0788. The van der Waals surface area contributed by atoms with E-state index in [1.807, 2.05) is 24.0 Å². The summed E-state index contributed by atoms with van der Waals surface area (Å²) >= 11 is 1.91. The van der Waals surface area contributed by atoms with Gasteiger partial charge in [-0.2, -0.15) is 0 Å². The third kappa shape index (κ3) is 3.00. The Bertz CT molecular complexity index is 875. The summed E-state index contributed by atoms with van der Waals surface area (Å²) < 4.78 is 0. The third-order valence-electron chi connectivity index (χ3n) is 6.34. The molecule has 0 bridgehead atoms. The van der Waals surface area contributed by atoms with Gasteiger partial charge in [-0.25, -0.2) is 0 Å². The molecule has 0 unspecified atom stereocenters. The molecule has 4 heterocycles. The zero-order valence-electron chi connectivity index (χ0n) is 16.7. The van der Waals surface area contributed by atoms with Gasteiger partial charge in [0.15, 0.2) is 5.17 Å². The molecular weight excluding hydrogens is 364 g/mol. The van der Waals surface area contributed by atoms with Gasteiger partial charge in [0.05, 0.1) is 11.7 Å². The zero-order valence-corrected chi connectivity index (χ0v) is 17.5. The first-order valence-corrected chi connectivity index (χ1v) is 11.5. The Morgan fingerprint density at radius 1 is 1.14 bits per heavy atom. The molecule has 0 spiro atoms. The normalized spacial score (nSPS) is 26.6. The SMILES string of the molecule is CC[C@@H]1CSC2=N[C@H](c3ccccn3)[C@@H](c3ccc(N4CCCC4)c(C)c3)N21. The quantitative estimate of drug-likeness (QED) is 0.735. The van der Waals surface area contributed by atoms with Crippen LogP contribution in [0.25, 0.3) is 0 Å². The summed E-state index contributed by atoms with van der Waals surface area (Å²) in [6, 6.07) is 14.2. The van der Waals surface area contributed by atoms with Gasteiger partial charge in [-0.05, 0) is 55.5 Å². The lowest BCUT2D eigenvalue weighted by atomic mass is 9.93. The Morgan fingerprint density at radius 3 is 2.71 bits per heavy atom. The molecular formula is C23H28N4S. The summed E-state index contributed by atoms with van der Waals surface area (Å²) in [7, 11) is 0. The van der Waals surface area contributed by atoms with Crippen LogP contribution < -0.4 is 4.90 Å². The highest BCUT2D eigenvalue weighted by Crippen LogP contribution is 2.49. The minimum Gasteiger partial charge on any atom is -0.371 e. The number of aryl methyl sites for hydroxylation is 1. The molecule has 5 heteroatoms. The lowest BCUT2D eigenvalue weighted by Crippen LogP contribution is -2.35. The van der Waals surface area contributed by atoms with Gasteiger partial charge in [0, 0.05) is 36.8 Å². The summed E-state index contributed by atoms with van der Waals surface area (Å²) in [5.74, 6) is 1.14. The van der Waals surface area contributed by atoms with Gasteiger partial charge in [0.25, 0.3) is 0 Å². The molecule has 3 aliphatic rings. The molecule has 28 heavy (non-hydrogen) atoms. The average molecular weight is 393 g/mol. The van der Waals surface area contributed by atoms with Crippen molar-refractivity contribution >= 4 is 22.6 Å². The average Bonchev–Trinajstić information content (AvgIpc) is 3.45. The van der Waals surface area contributed by atoms with E-state index in [0.717, 1.165) is 17.9 Å². The van der Waals surface area contributed by atoms with Crippen LogP contribution in [-0.4, -0.2) is 39.9 Å². The van der Waals surface area contributed by atoms with Crippen LogP contribution in [0.3, 0.4) is 0 Å². The van der Waals surface area contributed by atoms with Crippen LogP contribution >= 0.6 is 11.8 Å². The van der Waals surface area contributed by atoms with Crippen LogP contribution in [0.1, 0.15) is 55.1 Å². The van der Waals surface area contributed by atoms with Crippen molar-refractivity contribution < 1.29 is 0 Å². The Hall–Kier alpha value is -2.01. The van der Waals surface area contributed by atoms with E-state index in [-0.39, 0.29) is 12.1 Å². The van der Waals surface area contributed by atoms with Crippen LogP contribution in [0.2, 0.25) is 0 Å². The molecule has 1 aromatic heterocycles. The zero-order chi connectivity index (χ0) is 19.1. The topological polar surface area (TPSA) is 31.7 Å². The monoisotopic (exact) mass is 392 g/mol. The van der Waals surface area contributed by atoms with Crippen molar-refractivity contribution in [1.82, 2.24) is 9.88 Å². The van der Waals surface area contributed by atoms with Crippen molar-refractivity contribution in [3.8, 4) is 0 Å². The number of hydrogen-bond donors (Lipinski definition) is 0. The molecule has 3 atom stereocenters. The Balaban J connectivity index is 1.54. The summed E-state index contributed by atoms with van der Waals surface area (Å²) in [6.07, 6.45) is 5.67. The highest BCUT2D eigenvalue weighted by molar-refractivity contribution is 8.14. The van der Waals surface area contributed by atoms with Crippen LogP contribution in [0.4, 0.5) is 5.69 Å². The van der Waals surface area contributed by atoms with Crippen molar-refractivity contribution in [3.05, 3.63) is 59.4 Å². The standard InChI is InChI=1S/C23H28N4S/c1-3-18-15-28-23-25-21(19-8-4-5-11-24-19)22(27(18)23)17-9-10-20(16(2)14-17)26-12-6-7-13-26/h4-5,8-11,14,18,21-22H,3,6-7,12-13,15H2,1-2H3/t18-,21-,22-/m1/s1. The number of nitrogens with zero attached hydrogens (tertiary/aromatic N) is 4. The number of hydrogen-bond acceptors (Lipinski definition) is 5. The first kappa shape index (κ1) is 18.0. The van der Waals surface area contributed by atoms with Crippen LogP contribution in [0, 0.1) is 6.92 Å². The van der Waals surface area contributed by atoms with Crippen molar-refractivity contribution in [2.75, 3.05) is 23.7 Å².